The molecule has 3 heteroatoms. The monoisotopic (exact) mass is 275 g/mol. The van der Waals surface area contributed by atoms with Crippen molar-refractivity contribution < 1.29 is 0 Å². The molecular weight excluding hydrogens is 258 g/mol. The van der Waals surface area contributed by atoms with Crippen LogP contribution < -0.4 is 0 Å². The summed E-state index contributed by atoms with van der Waals surface area (Å²) in [6.07, 6.45) is 0.594. The van der Waals surface area contributed by atoms with Gasteiger partial charge in [0.15, 0.2) is 0 Å². The van der Waals surface area contributed by atoms with Crippen LogP contribution in [0, 0.1) is 42.4 Å². The number of aryl methyl sites for hydroxylation is 2. The van der Waals surface area contributed by atoms with Crippen molar-refractivity contribution >= 4 is 0 Å². The Kier molecular flexibility index (Phi) is 4.69. The number of rotatable bonds is 4. The van der Waals surface area contributed by atoms with Gasteiger partial charge >= 0.3 is 0 Å². The fourth-order valence-corrected chi connectivity index (χ4v) is 2.39. The lowest BCUT2D eigenvalue weighted by Gasteiger charge is -2.18. The minimum Gasteiger partial charge on any atom is -0.258 e. The number of nitrogens with zero attached hydrogens (tertiary/aromatic N) is 3. The molecule has 2 aromatic rings. The van der Waals surface area contributed by atoms with Gasteiger partial charge in [0.2, 0.25) is 0 Å². The van der Waals surface area contributed by atoms with Gasteiger partial charge in [0.25, 0.3) is 0 Å². The lowest BCUT2D eigenvalue weighted by atomic mass is 9.84. The molecule has 3 nitrogen and oxygen atoms in total. The Hall–Kier alpha value is -2.65. The van der Waals surface area contributed by atoms with E-state index < -0.39 is 5.92 Å². The molecule has 0 fully saturated rings. The first-order valence-corrected chi connectivity index (χ1v) is 6.92. The third-order valence-electron chi connectivity index (χ3n) is 3.56. The maximum atomic E-state index is 9.25. The van der Waals surface area contributed by atoms with Crippen molar-refractivity contribution in [2.75, 3.05) is 0 Å². The number of pyridine rings is 1. The Bertz CT molecular complexity index is 676. The second-order valence-corrected chi connectivity index (χ2v) is 5.23. The fourth-order valence-electron chi connectivity index (χ4n) is 2.39. The third kappa shape index (κ3) is 3.68. The van der Waals surface area contributed by atoms with E-state index in [1.165, 1.54) is 0 Å². The molecule has 0 bridgehead atoms. The lowest BCUT2D eigenvalue weighted by Crippen LogP contribution is -2.14. The van der Waals surface area contributed by atoms with Crippen LogP contribution in [0.2, 0.25) is 0 Å². The van der Waals surface area contributed by atoms with E-state index in [1.54, 1.807) is 0 Å². The van der Waals surface area contributed by atoms with E-state index in [9.17, 15) is 10.5 Å². The van der Waals surface area contributed by atoms with E-state index in [1.807, 2.05) is 56.3 Å². The molecule has 0 spiro atoms. The van der Waals surface area contributed by atoms with E-state index in [0.717, 1.165) is 22.5 Å². The zero-order valence-corrected chi connectivity index (χ0v) is 12.2. The number of hydrogen-bond acceptors (Lipinski definition) is 3. The van der Waals surface area contributed by atoms with Gasteiger partial charge in [0.1, 0.15) is 5.92 Å². The Morgan fingerprint density at radius 1 is 1.00 bits per heavy atom. The first-order valence-electron chi connectivity index (χ1n) is 6.92. The van der Waals surface area contributed by atoms with Crippen LogP contribution in [0.15, 0.2) is 42.5 Å². The van der Waals surface area contributed by atoms with Crippen LogP contribution in [0.5, 0.6) is 0 Å². The van der Waals surface area contributed by atoms with E-state index in [4.69, 9.17) is 0 Å². The van der Waals surface area contributed by atoms with Crippen LogP contribution in [0.25, 0.3) is 0 Å². The van der Waals surface area contributed by atoms with Crippen molar-refractivity contribution in [3.63, 3.8) is 0 Å². The van der Waals surface area contributed by atoms with Gasteiger partial charge in [-0.1, -0.05) is 35.9 Å². The predicted molar refractivity (Wildman–Crippen MR) is 81.3 cm³/mol. The van der Waals surface area contributed by atoms with Crippen molar-refractivity contribution in [3.05, 3.63) is 65.0 Å². The summed E-state index contributed by atoms with van der Waals surface area (Å²) in [4.78, 5) is 4.49. The molecule has 2 rings (SSSR count). The maximum absolute atomic E-state index is 9.25. The topological polar surface area (TPSA) is 60.5 Å². The molecule has 0 radical (unpaired) electrons. The molecule has 1 heterocycles. The standard InChI is InChI=1S/C18H17N3/c1-13-6-8-15(9-7-13)18(16(11-19)12-20)10-17-5-3-4-14(2)21-17/h3-9,16,18H,10H2,1-2H3. The van der Waals surface area contributed by atoms with Gasteiger partial charge in [0, 0.05) is 17.3 Å². The summed E-state index contributed by atoms with van der Waals surface area (Å²) in [7, 11) is 0. The minimum atomic E-state index is -0.671. The van der Waals surface area contributed by atoms with Gasteiger partial charge < -0.3 is 0 Å². The number of hydrogen-bond donors (Lipinski definition) is 0. The van der Waals surface area contributed by atoms with E-state index in [-0.39, 0.29) is 5.92 Å². The third-order valence-corrected chi connectivity index (χ3v) is 3.56. The first-order chi connectivity index (χ1) is 10.1. The van der Waals surface area contributed by atoms with Crippen molar-refractivity contribution in [2.45, 2.75) is 26.2 Å². The smallest absolute Gasteiger partial charge is 0.140 e. The van der Waals surface area contributed by atoms with Crippen LogP contribution in [0.3, 0.4) is 0 Å². The number of nitriles is 2. The van der Waals surface area contributed by atoms with E-state index in [2.05, 4.69) is 17.1 Å². The highest BCUT2D eigenvalue weighted by molar-refractivity contribution is 5.30. The normalized spacial score (nSPS) is 11.7. The number of aromatic nitrogens is 1. The molecule has 0 aliphatic carbocycles. The van der Waals surface area contributed by atoms with Gasteiger partial charge in [0.05, 0.1) is 12.1 Å². The minimum absolute atomic E-state index is 0.158. The van der Waals surface area contributed by atoms with Crippen molar-refractivity contribution in [1.82, 2.24) is 4.98 Å². The van der Waals surface area contributed by atoms with Gasteiger partial charge in [-0.05, 0) is 38.0 Å². The average Bonchev–Trinajstić information content (AvgIpc) is 2.48. The molecule has 0 aliphatic rings. The van der Waals surface area contributed by atoms with Crippen LogP contribution >= 0.6 is 0 Å². The molecule has 1 unspecified atom stereocenters. The molecule has 104 valence electrons. The predicted octanol–water partition coefficient (Wildman–Crippen LogP) is 3.69. The molecule has 0 aliphatic heterocycles. The first kappa shape index (κ1) is 14.8. The SMILES string of the molecule is Cc1ccc(C(Cc2cccc(C)n2)C(C#N)C#N)cc1. The summed E-state index contributed by atoms with van der Waals surface area (Å²) in [5.74, 6) is -0.829. The summed E-state index contributed by atoms with van der Waals surface area (Å²) in [5, 5.41) is 18.5. The van der Waals surface area contributed by atoms with Crippen molar-refractivity contribution in [2.24, 2.45) is 5.92 Å². The summed E-state index contributed by atoms with van der Waals surface area (Å²) in [5.41, 5.74) is 4.03. The highest BCUT2D eigenvalue weighted by atomic mass is 14.7. The summed E-state index contributed by atoms with van der Waals surface area (Å²) >= 11 is 0. The summed E-state index contributed by atoms with van der Waals surface area (Å²) in [6, 6.07) is 18.1. The van der Waals surface area contributed by atoms with Crippen LogP contribution in [0.1, 0.15) is 28.4 Å². The maximum Gasteiger partial charge on any atom is 0.140 e. The molecule has 1 aromatic heterocycles. The summed E-state index contributed by atoms with van der Waals surface area (Å²) in [6.45, 7) is 3.96. The quantitative estimate of drug-likeness (QED) is 0.855. The molecule has 0 saturated carbocycles. The average molecular weight is 275 g/mol. The lowest BCUT2D eigenvalue weighted by molar-refractivity contribution is 0.599. The molecule has 1 atom stereocenters. The van der Waals surface area contributed by atoms with Gasteiger partial charge in [-0.25, -0.2) is 0 Å². The zero-order valence-electron chi connectivity index (χ0n) is 12.2. The molecule has 0 N–H and O–H groups in total. The molecule has 0 amide bonds. The molecular formula is C18H17N3. The van der Waals surface area contributed by atoms with Gasteiger partial charge in [-0.3, -0.25) is 4.98 Å². The number of benzene rings is 1. The zero-order chi connectivity index (χ0) is 15.2. The Labute approximate surface area is 125 Å². The molecule has 0 saturated heterocycles. The van der Waals surface area contributed by atoms with E-state index >= 15 is 0 Å². The van der Waals surface area contributed by atoms with E-state index in [0.29, 0.717) is 6.42 Å². The van der Waals surface area contributed by atoms with Crippen molar-refractivity contribution in [1.29, 1.82) is 10.5 Å². The second-order valence-electron chi connectivity index (χ2n) is 5.23. The summed E-state index contributed by atoms with van der Waals surface area (Å²) < 4.78 is 0. The highest BCUT2D eigenvalue weighted by Crippen LogP contribution is 2.28. The highest BCUT2D eigenvalue weighted by Gasteiger charge is 2.23. The fraction of sp³-hybridized carbons (Fsp3) is 0.278. The Morgan fingerprint density at radius 2 is 1.67 bits per heavy atom. The van der Waals surface area contributed by atoms with Crippen LogP contribution in [0.4, 0.5) is 0 Å². The van der Waals surface area contributed by atoms with Crippen LogP contribution in [-0.2, 0) is 6.42 Å². The van der Waals surface area contributed by atoms with Gasteiger partial charge in [-0.15, -0.1) is 0 Å². The molecule has 1 aromatic carbocycles. The van der Waals surface area contributed by atoms with Crippen LogP contribution in [-0.4, -0.2) is 4.98 Å². The van der Waals surface area contributed by atoms with Gasteiger partial charge in [-0.2, -0.15) is 10.5 Å². The second kappa shape index (κ2) is 6.68. The Balaban J connectivity index is 2.35. The van der Waals surface area contributed by atoms with Crippen molar-refractivity contribution in [3.8, 4) is 12.1 Å². The largest absolute Gasteiger partial charge is 0.258 e. The Morgan fingerprint density at radius 3 is 2.24 bits per heavy atom. The molecule has 21 heavy (non-hydrogen) atoms.